The number of rotatable bonds is 6. The summed E-state index contributed by atoms with van der Waals surface area (Å²) in [6, 6.07) is 7.72. The highest BCUT2D eigenvalue weighted by atomic mass is 19.2. The molecule has 2 fully saturated rings. The Morgan fingerprint density at radius 2 is 1.67 bits per heavy atom. The molecule has 1 aromatic heterocycles. The third-order valence-corrected chi connectivity index (χ3v) is 6.11. The lowest BCUT2D eigenvalue weighted by Crippen LogP contribution is -2.24. The van der Waals surface area contributed by atoms with Crippen molar-refractivity contribution in [1.29, 1.82) is 0 Å². The zero-order valence-corrected chi connectivity index (χ0v) is 16.6. The first-order valence-corrected chi connectivity index (χ1v) is 10.3. The third kappa shape index (κ3) is 4.50. The van der Waals surface area contributed by atoms with Crippen molar-refractivity contribution in [3.8, 4) is 0 Å². The van der Waals surface area contributed by atoms with Crippen LogP contribution in [-0.2, 0) is 11.3 Å². The molecular weight excluding hydrogens is 390 g/mol. The van der Waals surface area contributed by atoms with Crippen LogP contribution in [0.3, 0.4) is 0 Å². The lowest BCUT2D eigenvalue weighted by molar-refractivity contribution is 0.0876. The Balaban J connectivity index is 1.47. The second-order valence-corrected chi connectivity index (χ2v) is 8.21. The van der Waals surface area contributed by atoms with Gasteiger partial charge < -0.3 is 10.5 Å². The molecule has 2 aliphatic carbocycles. The monoisotopic (exact) mass is 414 g/mol. The highest BCUT2D eigenvalue weighted by Crippen LogP contribution is 2.43. The Morgan fingerprint density at radius 1 is 0.967 bits per heavy atom. The van der Waals surface area contributed by atoms with Gasteiger partial charge in [-0.3, -0.25) is 4.79 Å². The van der Waals surface area contributed by atoms with Gasteiger partial charge in [0.25, 0.3) is 0 Å². The Morgan fingerprint density at radius 3 is 2.30 bits per heavy atom. The molecule has 5 nitrogen and oxygen atoms in total. The summed E-state index contributed by atoms with van der Waals surface area (Å²) in [6.07, 6.45) is 4.04. The number of Topliss-reactive ketones (excluding diaryl/α,β-unsaturated/α-hetero) is 1. The first-order valence-electron chi connectivity index (χ1n) is 10.3. The fourth-order valence-corrected chi connectivity index (χ4v) is 4.31. The van der Waals surface area contributed by atoms with E-state index in [-0.39, 0.29) is 24.2 Å². The highest BCUT2D eigenvalue weighted by Gasteiger charge is 2.34. The van der Waals surface area contributed by atoms with Gasteiger partial charge >= 0.3 is 6.09 Å². The molecule has 0 spiro atoms. The molecule has 0 unspecified atom stereocenters. The van der Waals surface area contributed by atoms with Crippen molar-refractivity contribution in [3.63, 3.8) is 0 Å². The number of aromatic nitrogens is 1. The lowest BCUT2D eigenvalue weighted by atomic mass is 9.76. The smallest absolute Gasteiger partial charge is 0.404 e. The second-order valence-electron chi connectivity index (χ2n) is 8.21. The van der Waals surface area contributed by atoms with Crippen LogP contribution < -0.4 is 5.73 Å². The Kier molecular flexibility index (Phi) is 5.79. The molecule has 1 aromatic carbocycles. The number of ether oxygens (including phenoxy) is 1. The summed E-state index contributed by atoms with van der Waals surface area (Å²) in [6.45, 7) is -0.0660. The molecule has 0 atom stereocenters. The molecule has 0 saturated heterocycles. The molecule has 30 heavy (non-hydrogen) atoms. The molecule has 4 rings (SSSR count). The van der Waals surface area contributed by atoms with Crippen molar-refractivity contribution in [2.24, 2.45) is 11.7 Å². The number of carbonyl (C=O) groups excluding carboxylic acids is 2. The molecule has 0 aliphatic heterocycles. The van der Waals surface area contributed by atoms with Crippen LogP contribution in [0.25, 0.3) is 0 Å². The third-order valence-electron chi connectivity index (χ3n) is 6.11. The Bertz CT molecular complexity index is 967. The van der Waals surface area contributed by atoms with Crippen LogP contribution in [0.1, 0.15) is 77.7 Å². The summed E-state index contributed by atoms with van der Waals surface area (Å²) in [5.41, 5.74) is 7.73. The second kappa shape index (κ2) is 8.50. The van der Waals surface area contributed by atoms with Gasteiger partial charge in [-0.15, -0.1) is 0 Å². The average molecular weight is 414 g/mol. The molecule has 2 saturated carbocycles. The number of amides is 1. The van der Waals surface area contributed by atoms with Gasteiger partial charge in [-0.25, -0.2) is 18.6 Å². The maximum absolute atomic E-state index is 13.6. The molecule has 7 heteroatoms. The zero-order chi connectivity index (χ0) is 21.3. The molecular formula is C23H24F2N2O3. The first-order chi connectivity index (χ1) is 14.4. The standard InChI is InChI=1S/C23H24F2N2O3/c24-19-10-7-16(11-20(19)25)13-1-5-15(6-2-13)22(28)21-18(14-3-4-14)9-8-17(27-21)12-30-23(26)29/h7-11,13-15H,1-6,12H2,(H2,26,29). The quantitative estimate of drug-likeness (QED) is 0.675. The number of pyridine rings is 1. The van der Waals surface area contributed by atoms with Gasteiger partial charge in [-0.1, -0.05) is 12.1 Å². The number of nitrogens with zero attached hydrogens (tertiary/aromatic N) is 1. The first kappa shape index (κ1) is 20.4. The van der Waals surface area contributed by atoms with Gasteiger partial charge in [0, 0.05) is 5.92 Å². The van der Waals surface area contributed by atoms with Gasteiger partial charge in [0.1, 0.15) is 12.3 Å². The number of carbonyl (C=O) groups is 2. The predicted octanol–water partition coefficient (Wildman–Crippen LogP) is 4.99. The zero-order valence-electron chi connectivity index (χ0n) is 16.6. The lowest BCUT2D eigenvalue weighted by Gasteiger charge is -2.28. The molecule has 0 radical (unpaired) electrons. The number of benzene rings is 1. The summed E-state index contributed by atoms with van der Waals surface area (Å²) in [4.78, 5) is 28.7. The fraction of sp³-hybridized carbons (Fsp3) is 0.435. The van der Waals surface area contributed by atoms with E-state index in [4.69, 9.17) is 10.5 Å². The summed E-state index contributed by atoms with van der Waals surface area (Å²) in [5.74, 6) is -1.33. The molecule has 1 heterocycles. The Labute approximate surface area is 173 Å². The maximum Gasteiger partial charge on any atom is 0.404 e. The molecule has 1 amide bonds. The van der Waals surface area contributed by atoms with Gasteiger partial charge in [0.05, 0.1) is 5.69 Å². The van der Waals surface area contributed by atoms with Crippen molar-refractivity contribution in [1.82, 2.24) is 4.98 Å². The molecule has 158 valence electrons. The van der Waals surface area contributed by atoms with Crippen molar-refractivity contribution >= 4 is 11.9 Å². The minimum absolute atomic E-state index is 0.0153. The highest BCUT2D eigenvalue weighted by molar-refractivity contribution is 5.97. The number of halogens is 2. The Hall–Kier alpha value is -2.83. The van der Waals surface area contributed by atoms with Crippen LogP contribution in [-0.4, -0.2) is 16.9 Å². The van der Waals surface area contributed by atoms with E-state index in [1.807, 2.05) is 6.07 Å². The molecule has 0 bridgehead atoms. The number of hydrogen-bond donors (Lipinski definition) is 1. The van der Waals surface area contributed by atoms with Gasteiger partial charge in [0.2, 0.25) is 0 Å². The van der Waals surface area contributed by atoms with Gasteiger partial charge in [-0.05, 0) is 79.7 Å². The van der Waals surface area contributed by atoms with Crippen molar-refractivity contribution < 1.29 is 23.1 Å². The van der Waals surface area contributed by atoms with Crippen molar-refractivity contribution in [2.75, 3.05) is 0 Å². The number of ketones is 1. The predicted molar refractivity (Wildman–Crippen MR) is 106 cm³/mol. The summed E-state index contributed by atoms with van der Waals surface area (Å²) >= 11 is 0. The van der Waals surface area contributed by atoms with Gasteiger partial charge in [-0.2, -0.15) is 0 Å². The summed E-state index contributed by atoms with van der Waals surface area (Å²) in [5, 5.41) is 0. The van der Waals surface area contributed by atoms with E-state index in [2.05, 4.69) is 4.98 Å². The molecule has 2 aromatic rings. The number of primary amides is 1. The SMILES string of the molecule is NC(=O)OCc1ccc(C2CC2)c(C(=O)C2CCC(c3ccc(F)c(F)c3)CC2)n1. The van der Waals surface area contributed by atoms with E-state index in [0.29, 0.717) is 30.1 Å². The van der Waals surface area contributed by atoms with E-state index < -0.39 is 17.7 Å². The van der Waals surface area contributed by atoms with Crippen LogP contribution in [0.15, 0.2) is 30.3 Å². The summed E-state index contributed by atoms with van der Waals surface area (Å²) in [7, 11) is 0. The molecule has 2 N–H and O–H groups in total. The number of nitrogens with two attached hydrogens (primary N) is 1. The summed E-state index contributed by atoms with van der Waals surface area (Å²) < 4.78 is 31.6. The van der Waals surface area contributed by atoms with E-state index in [1.165, 1.54) is 6.07 Å². The van der Waals surface area contributed by atoms with Gasteiger partial charge in [0.15, 0.2) is 17.4 Å². The van der Waals surface area contributed by atoms with E-state index in [9.17, 15) is 18.4 Å². The fourth-order valence-electron chi connectivity index (χ4n) is 4.31. The van der Waals surface area contributed by atoms with Crippen molar-refractivity contribution in [2.45, 2.75) is 57.0 Å². The van der Waals surface area contributed by atoms with Crippen LogP contribution in [0.4, 0.5) is 13.6 Å². The van der Waals surface area contributed by atoms with E-state index >= 15 is 0 Å². The van der Waals surface area contributed by atoms with E-state index in [0.717, 1.165) is 42.9 Å². The van der Waals surface area contributed by atoms with Crippen LogP contribution >= 0.6 is 0 Å². The van der Waals surface area contributed by atoms with Crippen molar-refractivity contribution in [3.05, 3.63) is 64.5 Å². The van der Waals surface area contributed by atoms with Crippen LogP contribution in [0.2, 0.25) is 0 Å². The topological polar surface area (TPSA) is 82.3 Å². The largest absolute Gasteiger partial charge is 0.443 e. The average Bonchev–Trinajstić information content (AvgIpc) is 3.59. The van der Waals surface area contributed by atoms with Crippen LogP contribution in [0, 0.1) is 17.6 Å². The minimum Gasteiger partial charge on any atom is -0.443 e. The normalized spacial score (nSPS) is 21.3. The molecule has 2 aliphatic rings. The minimum atomic E-state index is -0.883. The maximum atomic E-state index is 13.6. The van der Waals surface area contributed by atoms with E-state index in [1.54, 1.807) is 12.1 Å². The number of hydrogen-bond acceptors (Lipinski definition) is 4. The van der Waals surface area contributed by atoms with Crippen LogP contribution in [0.5, 0.6) is 0 Å².